The zero-order valence-electron chi connectivity index (χ0n) is 13.2. The predicted octanol–water partition coefficient (Wildman–Crippen LogP) is 0.473. The molecule has 0 radical (unpaired) electrons. The minimum Gasteiger partial charge on any atom is -0.388 e. The van der Waals surface area contributed by atoms with Crippen molar-refractivity contribution in [2.45, 2.75) is 56.5 Å². The normalized spacial score (nSPS) is 35.8. The summed E-state index contributed by atoms with van der Waals surface area (Å²) in [4.78, 5) is 11.2. The van der Waals surface area contributed by atoms with E-state index < -0.39 is 48.5 Å². The fourth-order valence-corrected chi connectivity index (χ4v) is 2.54. The number of halogens is 3. The van der Waals surface area contributed by atoms with E-state index in [4.69, 9.17) is 18.9 Å². The largest absolute Gasteiger partial charge is 0.471 e. The van der Waals surface area contributed by atoms with Gasteiger partial charge in [0, 0.05) is 0 Å². The van der Waals surface area contributed by atoms with E-state index in [0.717, 1.165) is 0 Å². The molecule has 10 heteroatoms. The first-order valence-corrected chi connectivity index (χ1v) is 7.30. The molecule has 2 fully saturated rings. The predicted molar refractivity (Wildman–Crippen MR) is 73.7 cm³/mol. The molecule has 0 unspecified atom stereocenters. The summed E-state index contributed by atoms with van der Waals surface area (Å²) in [7, 11) is 0. The molecular weight excluding hydrogens is 335 g/mol. The van der Waals surface area contributed by atoms with Gasteiger partial charge in [0.15, 0.2) is 12.1 Å². The van der Waals surface area contributed by atoms with Gasteiger partial charge < -0.3 is 29.4 Å². The van der Waals surface area contributed by atoms with Crippen molar-refractivity contribution in [3.8, 4) is 0 Å². The molecule has 0 aromatic rings. The monoisotopic (exact) mass is 355 g/mol. The van der Waals surface area contributed by atoms with Gasteiger partial charge >= 0.3 is 12.1 Å². The highest BCUT2D eigenvalue weighted by Gasteiger charge is 2.53. The van der Waals surface area contributed by atoms with Crippen LogP contribution in [0.15, 0.2) is 12.7 Å². The van der Waals surface area contributed by atoms with Crippen molar-refractivity contribution in [2.75, 3.05) is 13.2 Å². The lowest BCUT2D eigenvalue weighted by molar-refractivity contribution is -0.368. The van der Waals surface area contributed by atoms with Crippen molar-refractivity contribution in [1.82, 2.24) is 5.32 Å². The van der Waals surface area contributed by atoms with Crippen molar-refractivity contribution in [2.24, 2.45) is 0 Å². The van der Waals surface area contributed by atoms with Crippen LogP contribution >= 0.6 is 0 Å². The van der Waals surface area contributed by atoms with Crippen LogP contribution < -0.4 is 5.32 Å². The average Bonchev–Trinajstić information content (AvgIpc) is 2.47. The van der Waals surface area contributed by atoms with Crippen molar-refractivity contribution in [1.29, 1.82) is 0 Å². The Hall–Kier alpha value is -1.20. The Morgan fingerprint density at radius 2 is 2.17 bits per heavy atom. The molecule has 0 bridgehead atoms. The van der Waals surface area contributed by atoms with E-state index in [9.17, 15) is 23.1 Å². The van der Waals surface area contributed by atoms with Gasteiger partial charge in [0.05, 0.1) is 13.2 Å². The molecule has 0 aromatic heterocycles. The van der Waals surface area contributed by atoms with Gasteiger partial charge in [-0.2, -0.15) is 13.2 Å². The van der Waals surface area contributed by atoms with Crippen molar-refractivity contribution in [3.05, 3.63) is 12.7 Å². The molecule has 1 amide bonds. The highest BCUT2D eigenvalue weighted by Crippen LogP contribution is 2.33. The van der Waals surface area contributed by atoms with E-state index in [1.807, 2.05) is 0 Å². The summed E-state index contributed by atoms with van der Waals surface area (Å²) in [5.74, 6) is -3.24. The SMILES string of the molecule is C=CCO[C@H]1O[C@@H]2COC(C)(C)O[C@@H]2[C@H](O)[C@H]1NC(=O)C(F)(F)F. The summed E-state index contributed by atoms with van der Waals surface area (Å²) in [5, 5.41) is 12.1. The number of carbonyl (C=O) groups excluding carboxylic acids is 1. The van der Waals surface area contributed by atoms with Crippen molar-refractivity contribution in [3.63, 3.8) is 0 Å². The smallest absolute Gasteiger partial charge is 0.388 e. The van der Waals surface area contributed by atoms with Crippen LogP contribution in [0.25, 0.3) is 0 Å². The van der Waals surface area contributed by atoms with Gasteiger partial charge in [0.25, 0.3) is 0 Å². The van der Waals surface area contributed by atoms with Crippen LogP contribution in [0.2, 0.25) is 0 Å². The van der Waals surface area contributed by atoms with E-state index >= 15 is 0 Å². The highest BCUT2D eigenvalue weighted by molar-refractivity contribution is 5.82. The van der Waals surface area contributed by atoms with E-state index in [2.05, 4.69) is 6.58 Å². The molecule has 0 spiro atoms. The number of alkyl halides is 3. The maximum atomic E-state index is 12.5. The second-order valence-electron chi connectivity index (χ2n) is 5.95. The first kappa shape index (κ1) is 19.1. The van der Waals surface area contributed by atoms with Crippen LogP contribution in [0.5, 0.6) is 0 Å². The van der Waals surface area contributed by atoms with Crippen LogP contribution in [0.4, 0.5) is 13.2 Å². The standard InChI is InChI=1S/C14H20F3NO6/c1-4-5-21-11-8(18-12(20)14(15,16)17)9(19)10-7(23-11)6-22-13(2,3)24-10/h4,7-11,19H,1,5-6H2,2-3H3,(H,18,20)/t7-,8-,9-,10+,11+/m1/s1. The minimum atomic E-state index is -5.10. The third-order valence-corrected chi connectivity index (χ3v) is 3.62. The average molecular weight is 355 g/mol. The van der Waals surface area contributed by atoms with Crippen molar-refractivity contribution < 1.29 is 42.0 Å². The Bertz CT molecular complexity index is 484. The third kappa shape index (κ3) is 4.25. The van der Waals surface area contributed by atoms with Crippen LogP contribution in [-0.2, 0) is 23.7 Å². The molecule has 138 valence electrons. The molecule has 0 aliphatic carbocycles. The fourth-order valence-electron chi connectivity index (χ4n) is 2.54. The lowest BCUT2D eigenvalue weighted by Crippen LogP contribution is -2.69. The molecule has 2 saturated heterocycles. The Morgan fingerprint density at radius 3 is 2.75 bits per heavy atom. The number of ether oxygens (including phenoxy) is 4. The fraction of sp³-hybridized carbons (Fsp3) is 0.786. The lowest BCUT2D eigenvalue weighted by Gasteiger charge is -2.49. The maximum Gasteiger partial charge on any atom is 0.471 e. The van der Waals surface area contributed by atoms with Crippen LogP contribution in [0.1, 0.15) is 13.8 Å². The van der Waals surface area contributed by atoms with Crippen molar-refractivity contribution >= 4 is 5.91 Å². The first-order chi connectivity index (χ1) is 11.0. The number of aliphatic hydroxyl groups is 1. The van der Waals surface area contributed by atoms with Crippen LogP contribution in [0.3, 0.4) is 0 Å². The number of amides is 1. The Balaban J connectivity index is 2.18. The number of fused-ring (bicyclic) bond motifs is 1. The number of aliphatic hydroxyl groups excluding tert-OH is 1. The zero-order valence-corrected chi connectivity index (χ0v) is 13.2. The number of hydrogen-bond acceptors (Lipinski definition) is 6. The number of nitrogens with one attached hydrogen (secondary N) is 1. The minimum absolute atomic E-state index is 0.0413. The number of carbonyl (C=O) groups is 1. The molecule has 0 aromatic carbocycles. The molecule has 7 nitrogen and oxygen atoms in total. The summed E-state index contributed by atoms with van der Waals surface area (Å²) in [6.07, 6.45) is -8.25. The summed E-state index contributed by atoms with van der Waals surface area (Å²) in [6.45, 7) is 6.64. The quantitative estimate of drug-likeness (QED) is 0.713. The molecular formula is C14H20F3NO6. The van der Waals surface area contributed by atoms with Gasteiger partial charge in [-0.05, 0) is 13.8 Å². The summed E-state index contributed by atoms with van der Waals surface area (Å²) in [6, 6.07) is -1.46. The summed E-state index contributed by atoms with van der Waals surface area (Å²) in [5.41, 5.74) is 0. The van der Waals surface area contributed by atoms with E-state index in [0.29, 0.717) is 0 Å². The van der Waals surface area contributed by atoms with Crippen LogP contribution in [0, 0.1) is 0 Å². The second-order valence-corrected chi connectivity index (χ2v) is 5.95. The highest BCUT2D eigenvalue weighted by atomic mass is 19.4. The molecule has 2 N–H and O–H groups in total. The Labute approximate surface area is 136 Å². The molecule has 2 aliphatic rings. The summed E-state index contributed by atoms with van der Waals surface area (Å²) >= 11 is 0. The van der Waals surface area contributed by atoms with Gasteiger partial charge in [0.2, 0.25) is 0 Å². The molecule has 2 rings (SSSR count). The summed E-state index contributed by atoms with van der Waals surface area (Å²) < 4.78 is 59.3. The van der Waals surface area contributed by atoms with Gasteiger partial charge in [-0.3, -0.25) is 4.79 Å². The molecule has 0 saturated carbocycles. The molecule has 2 aliphatic heterocycles. The van der Waals surface area contributed by atoms with E-state index in [1.54, 1.807) is 19.2 Å². The van der Waals surface area contributed by atoms with E-state index in [1.165, 1.54) is 6.08 Å². The Kier molecular flexibility index (Phi) is 5.55. The van der Waals surface area contributed by atoms with E-state index in [-0.39, 0.29) is 13.2 Å². The number of hydrogen-bond donors (Lipinski definition) is 2. The number of rotatable bonds is 4. The zero-order chi connectivity index (χ0) is 18.1. The van der Waals surface area contributed by atoms with Gasteiger partial charge in [-0.1, -0.05) is 6.08 Å². The molecule has 2 heterocycles. The third-order valence-electron chi connectivity index (χ3n) is 3.62. The van der Waals surface area contributed by atoms with Crippen LogP contribution in [-0.4, -0.2) is 66.8 Å². The second kappa shape index (κ2) is 6.96. The first-order valence-electron chi connectivity index (χ1n) is 7.30. The van der Waals surface area contributed by atoms with Gasteiger partial charge in [-0.25, -0.2) is 0 Å². The lowest BCUT2D eigenvalue weighted by atomic mass is 9.95. The topological polar surface area (TPSA) is 86.2 Å². The Morgan fingerprint density at radius 1 is 1.50 bits per heavy atom. The van der Waals surface area contributed by atoms with Gasteiger partial charge in [-0.15, -0.1) is 6.58 Å². The molecule has 24 heavy (non-hydrogen) atoms. The molecule has 5 atom stereocenters. The van der Waals surface area contributed by atoms with Gasteiger partial charge in [0.1, 0.15) is 24.4 Å². The maximum absolute atomic E-state index is 12.5.